The second-order valence-corrected chi connectivity index (χ2v) is 8.33. The lowest BCUT2D eigenvalue weighted by Crippen LogP contribution is -2.48. The van der Waals surface area contributed by atoms with Crippen molar-refractivity contribution in [2.75, 3.05) is 36.4 Å². The molecular formula is C22H26F3N7O. The molecule has 3 heterocycles. The number of carbonyl (C=O) groups is 1. The number of halogens is 3. The van der Waals surface area contributed by atoms with Gasteiger partial charge in [-0.15, -0.1) is 0 Å². The Morgan fingerprint density at radius 2 is 1.88 bits per heavy atom. The number of anilines is 2. The number of hydrogen-bond acceptors (Lipinski definition) is 6. The average Bonchev–Trinajstić information content (AvgIpc) is 3.21. The van der Waals surface area contributed by atoms with E-state index in [1.807, 2.05) is 23.3 Å². The van der Waals surface area contributed by atoms with Gasteiger partial charge < -0.3 is 19.7 Å². The van der Waals surface area contributed by atoms with Gasteiger partial charge in [-0.2, -0.15) is 23.1 Å². The van der Waals surface area contributed by atoms with Crippen LogP contribution in [0.15, 0.2) is 30.6 Å². The van der Waals surface area contributed by atoms with Gasteiger partial charge in [0, 0.05) is 45.7 Å². The van der Waals surface area contributed by atoms with Crippen molar-refractivity contribution in [3.8, 4) is 0 Å². The zero-order valence-electron chi connectivity index (χ0n) is 18.7. The third-order valence-corrected chi connectivity index (χ3v) is 5.69. The number of fused-ring (bicyclic) bond motifs is 1. The first-order valence-corrected chi connectivity index (χ1v) is 10.8. The number of hydrogen-bond donors (Lipinski definition) is 1. The van der Waals surface area contributed by atoms with Crippen molar-refractivity contribution in [2.45, 2.75) is 39.5 Å². The molecule has 1 aliphatic rings. The van der Waals surface area contributed by atoms with E-state index in [4.69, 9.17) is 4.98 Å². The van der Waals surface area contributed by atoms with Crippen molar-refractivity contribution >= 4 is 28.8 Å². The van der Waals surface area contributed by atoms with E-state index in [-0.39, 0.29) is 18.5 Å². The van der Waals surface area contributed by atoms with Crippen LogP contribution in [0.25, 0.3) is 11.2 Å². The van der Waals surface area contributed by atoms with Gasteiger partial charge in [-0.25, -0.2) is 4.98 Å². The van der Waals surface area contributed by atoms with Crippen molar-refractivity contribution in [1.29, 1.82) is 0 Å². The van der Waals surface area contributed by atoms with Crippen molar-refractivity contribution < 1.29 is 18.0 Å². The molecule has 4 rings (SSSR count). The van der Waals surface area contributed by atoms with Crippen LogP contribution in [-0.2, 0) is 17.5 Å². The van der Waals surface area contributed by atoms with Crippen LogP contribution >= 0.6 is 0 Å². The fourth-order valence-corrected chi connectivity index (χ4v) is 3.81. The number of amides is 1. The number of nitrogens with zero attached hydrogens (tertiary/aromatic N) is 6. The topological polar surface area (TPSA) is 79.2 Å². The monoisotopic (exact) mass is 461 g/mol. The Hall–Kier alpha value is -3.37. The summed E-state index contributed by atoms with van der Waals surface area (Å²) in [5, 5.41) is 3.16. The summed E-state index contributed by atoms with van der Waals surface area (Å²) in [5.74, 6) is 0.993. The molecule has 0 spiro atoms. The quantitative estimate of drug-likeness (QED) is 0.624. The Labute approximate surface area is 189 Å². The smallest absolute Gasteiger partial charge is 0.364 e. The highest BCUT2D eigenvalue weighted by molar-refractivity contribution is 5.84. The first-order chi connectivity index (χ1) is 15.6. The average molecular weight is 461 g/mol. The van der Waals surface area contributed by atoms with Crippen molar-refractivity contribution in [3.05, 3.63) is 41.7 Å². The summed E-state index contributed by atoms with van der Waals surface area (Å²) in [5.41, 5.74) is 0.997. The molecule has 0 radical (unpaired) electrons. The van der Waals surface area contributed by atoms with Gasteiger partial charge in [0.15, 0.2) is 17.0 Å². The molecule has 176 valence electrons. The fourth-order valence-electron chi connectivity index (χ4n) is 3.81. The van der Waals surface area contributed by atoms with Crippen LogP contribution in [0.2, 0.25) is 0 Å². The van der Waals surface area contributed by atoms with E-state index in [9.17, 15) is 18.0 Å². The molecule has 33 heavy (non-hydrogen) atoms. The lowest BCUT2D eigenvalue weighted by atomic mass is 10.1. The normalized spacial score (nSPS) is 14.9. The van der Waals surface area contributed by atoms with Crippen molar-refractivity contribution in [1.82, 2.24) is 24.4 Å². The maximum atomic E-state index is 13.1. The molecule has 8 nitrogen and oxygen atoms in total. The lowest BCUT2D eigenvalue weighted by Gasteiger charge is -2.34. The molecule has 0 atom stereocenters. The molecule has 0 bridgehead atoms. The standard InChI is InChI=1S/C22H26F3N7O/c1-14(2)32-13-27-18-19(26-12-16-5-4-6-17(11-16)22(23,24)25)28-21(29-20(18)32)31-9-7-30(8-10-31)15(3)33/h4-6,11,13-14H,7-10,12H2,1-3H3,(H,26,28,29). The molecule has 1 fully saturated rings. The predicted octanol–water partition coefficient (Wildman–Crippen LogP) is 3.71. The van der Waals surface area contributed by atoms with Crippen LogP contribution in [0.4, 0.5) is 24.9 Å². The molecule has 1 saturated heterocycles. The molecule has 1 N–H and O–H groups in total. The number of rotatable bonds is 5. The summed E-state index contributed by atoms with van der Waals surface area (Å²) in [6, 6.07) is 5.32. The summed E-state index contributed by atoms with van der Waals surface area (Å²) in [6.07, 6.45) is -2.71. The van der Waals surface area contributed by atoms with Crippen LogP contribution in [0.1, 0.15) is 37.9 Å². The molecule has 2 aromatic heterocycles. The van der Waals surface area contributed by atoms with Gasteiger partial charge in [0.2, 0.25) is 11.9 Å². The minimum Gasteiger partial charge on any atom is -0.364 e. The number of benzene rings is 1. The van der Waals surface area contributed by atoms with Gasteiger partial charge in [0.05, 0.1) is 11.9 Å². The predicted molar refractivity (Wildman–Crippen MR) is 119 cm³/mol. The summed E-state index contributed by atoms with van der Waals surface area (Å²) < 4.78 is 41.1. The van der Waals surface area contributed by atoms with Gasteiger partial charge >= 0.3 is 6.18 Å². The van der Waals surface area contributed by atoms with E-state index in [0.717, 1.165) is 12.1 Å². The van der Waals surface area contributed by atoms with Crippen LogP contribution in [0, 0.1) is 0 Å². The highest BCUT2D eigenvalue weighted by atomic mass is 19.4. The number of carbonyl (C=O) groups excluding carboxylic acids is 1. The molecule has 11 heteroatoms. The minimum atomic E-state index is -4.40. The maximum absolute atomic E-state index is 13.1. The van der Waals surface area contributed by atoms with Gasteiger partial charge in [0.25, 0.3) is 0 Å². The lowest BCUT2D eigenvalue weighted by molar-refractivity contribution is -0.137. The first-order valence-electron chi connectivity index (χ1n) is 10.8. The highest BCUT2D eigenvalue weighted by Gasteiger charge is 2.30. The van der Waals surface area contributed by atoms with E-state index in [1.165, 1.54) is 6.07 Å². The Morgan fingerprint density at radius 1 is 1.15 bits per heavy atom. The zero-order chi connectivity index (χ0) is 23.8. The molecule has 0 unspecified atom stereocenters. The van der Waals surface area contributed by atoms with E-state index in [0.29, 0.717) is 54.7 Å². The number of nitrogens with one attached hydrogen (secondary N) is 1. The molecule has 1 amide bonds. The molecule has 3 aromatic rings. The molecule has 1 aromatic carbocycles. The van der Waals surface area contributed by atoms with Gasteiger partial charge in [-0.05, 0) is 31.5 Å². The SMILES string of the molecule is CC(=O)N1CCN(c2nc(NCc3cccc(C(F)(F)F)c3)c3ncn(C(C)C)c3n2)CC1. The largest absolute Gasteiger partial charge is 0.416 e. The second kappa shape index (κ2) is 8.87. The van der Waals surface area contributed by atoms with Crippen LogP contribution in [-0.4, -0.2) is 56.5 Å². The number of aromatic nitrogens is 4. The Morgan fingerprint density at radius 3 is 2.52 bits per heavy atom. The van der Waals surface area contributed by atoms with Crippen LogP contribution in [0.5, 0.6) is 0 Å². The summed E-state index contributed by atoms with van der Waals surface area (Å²) in [4.78, 5) is 29.3. The zero-order valence-corrected chi connectivity index (χ0v) is 18.7. The van der Waals surface area contributed by atoms with Crippen molar-refractivity contribution in [3.63, 3.8) is 0 Å². The Kier molecular flexibility index (Phi) is 6.13. The van der Waals surface area contributed by atoms with E-state index in [1.54, 1.807) is 24.2 Å². The number of imidazole rings is 1. The van der Waals surface area contributed by atoms with Crippen molar-refractivity contribution in [2.24, 2.45) is 0 Å². The van der Waals surface area contributed by atoms with Gasteiger partial charge in [-0.3, -0.25) is 4.79 Å². The number of piperazine rings is 1. The maximum Gasteiger partial charge on any atom is 0.416 e. The number of alkyl halides is 3. The third-order valence-electron chi connectivity index (χ3n) is 5.69. The van der Waals surface area contributed by atoms with Gasteiger partial charge in [0.1, 0.15) is 0 Å². The van der Waals surface area contributed by atoms with E-state index >= 15 is 0 Å². The Bertz CT molecular complexity index is 1150. The third kappa shape index (κ3) is 4.86. The summed E-state index contributed by atoms with van der Waals surface area (Å²) in [7, 11) is 0. The molecule has 0 saturated carbocycles. The second-order valence-electron chi connectivity index (χ2n) is 8.33. The summed E-state index contributed by atoms with van der Waals surface area (Å²) in [6.45, 7) is 8.08. The molecular weight excluding hydrogens is 435 g/mol. The van der Waals surface area contributed by atoms with E-state index in [2.05, 4.69) is 15.3 Å². The Balaban J connectivity index is 1.64. The van der Waals surface area contributed by atoms with Crippen LogP contribution < -0.4 is 10.2 Å². The molecule has 0 aliphatic carbocycles. The minimum absolute atomic E-state index is 0.0346. The van der Waals surface area contributed by atoms with Gasteiger partial charge in [-0.1, -0.05) is 12.1 Å². The summed E-state index contributed by atoms with van der Waals surface area (Å²) >= 11 is 0. The van der Waals surface area contributed by atoms with Crippen LogP contribution in [0.3, 0.4) is 0 Å². The molecule has 1 aliphatic heterocycles. The highest BCUT2D eigenvalue weighted by Crippen LogP contribution is 2.30. The van der Waals surface area contributed by atoms with E-state index < -0.39 is 11.7 Å². The fraction of sp³-hybridized carbons (Fsp3) is 0.455. The first kappa shape index (κ1) is 22.8.